The molecule has 7 atom stereocenters. The summed E-state index contributed by atoms with van der Waals surface area (Å²) in [7, 11) is 1.35. The highest BCUT2D eigenvalue weighted by Crippen LogP contribution is 2.54. The van der Waals surface area contributed by atoms with Gasteiger partial charge in [0.2, 0.25) is 5.91 Å². The number of nitrogens with zero attached hydrogens (tertiary/aromatic N) is 1. The van der Waals surface area contributed by atoms with Crippen LogP contribution in [0.3, 0.4) is 0 Å². The number of aliphatic hydroxyl groups is 2. The van der Waals surface area contributed by atoms with Crippen molar-refractivity contribution in [3.63, 3.8) is 0 Å². The molecule has 5 rings (SSSR count). The lowest BCUT2D eigenvalue weighted by Gasteiger charge is -2.52. The molecule has 0 radical (unpaired) electrons. The molecule has 2 fully saturated rings. The van der Waals surface area contributed by atoms with Crippen molar-refractivity contribution in [2.24, 2.45) is 29.4 Å². The maximum Gasteiger partial charge on any atom is 0.255 e. The number of benzene rings is 2. The zero-order valence-corrected chi connectivity index (χ0v) is 20.5. The van der Waals surface area contributed by atoms with Gasteiger partial charge in [-0.15, -0.1) is 0 Å². The zero-order valence-electron chi connectivity index (χ0n) is 20.5. The van der Waals surface area contributed by atoms with Crippen LogP contribution in [-0.4, -0.2) is 67.9 Å². The van der Waals surface area contributed by atoms with Crippen LogP contribution in [-0.2, 0) is 19.2 Å². The number of carbonyl (C=O) groups is 5. The number of nitrogens with two attached hydrogens (primary N) is 1. The molecular formula is C27H25N2O9+. The Morgan fingerprint density at radius 2 is 1.68 bits per heavy atom. The van der Waals surface area contributed by atoms with Gasteiger partial charge in [0.15, 0.2) is 41.7 Å². The van der Waals surface area contributed by atoms with Crippen molar-refractivity contribution in [3.05, 3.63) is 52.4 Å². The molecule has 2 aromatic carbocycles. The fourth-order valence-electron chi connectivity index (χ4n) is 6.42. The van der Waals surface area contributed by atoms with Crippen LogP contribution in [0.2, 0.25) is 0 Å². The molecule has 3 aliphatic rings. The molecule has 196 valence electrons. The molecule has 1 amide bonds. The summed E-state index contributed by atoms with van der Waals surface area (Å²) < 4.78 is 0.685. The maximum atomic E-state index is 13.6. The van der Waals surface area contributed by atoms with Gasteiger partial charge in [-0.25, -0.2) is 0 Å². The average Bonchev–Trinajstić information content (AvgIpc) is 2.86. The van der Waals surface area contributed by atoms with Gasteiger partial charge in [-0.1, -0.05) is 6.92 Å². The van der Waals surface area contributed by atoms with Crippen LogP contribution in [0, 0.1) is 28.6 Å². The minimum Gasteiger partial charge on any atom is -0.507 e. The van der Waals surface area contributed by atoms with Crippen LogP contribution in [0.4, 0.5) is 5.69 Å². The molecule has 0 aliphatic heterocycles. The van der Waals surface area contributed by atoms with Crippen LogP contribution in [0.25, 0.3) is 11.1 Å². The number of Topliss-reactive ketones (excluding diaryl/α,β-unsaturated/α-hetero) is 4. The van der Waals surface area contributed by atoms with E-state index in [0.717, 1.165) is 0 Å². The van der Waals surface area contributed by atoms with Gasteiger partial charge in [-0.2, -0.15) is 0 Å². The molecule has 0 bridgehead atoms. The van der Waals surface area contributed by atoms with Gasteiger partial charge >= 0.3 is 0 Å². The van der Waals surface area contributed by atoms with Crippen molar-refractivity contribution in [2.75, 3.05) is 7.05 Å². The number of amides is 1. The van der Waals surface area contributed by atoms with E-state index in [9.17, 15) is 44.2 Å². The molecule has 11 nitrogen and oxygen atoms in total. The van der Waals surface area contributed by atoms with Gasteiger partial charge in [0.1, 0.15) is 5.75 Å². The fraction of sp³-hybridized carbons (Fsp3) is 0.370. The topological polar surface area (TPSA) is 192 Å². The Labute approximate surface area is 215 Å². The second kappa shape index (κ2) is 8.47. The van der Waals surface area contributed by atoms with E-state index in [0.29, 0.717) is 27.1 Å². The number of carbonyl (C=O) groups excluding carboxylic acids is 5. The lowest BCUT2D eigenvalue weighted by Crippen LogP contribution is -2.72. The van der Waals surface area contributed by atoms with E-state index in [1.807, 2.05) is 0 Å². The summed E-state index contributed by atoms with van der Waals surface area (Å²) in [5, 5.41) is 33.5. The van der Waals surface area contributed by atoms with E-state index in [2.05, 4.69) is 0 Å². The lowest BCUT2D eigenvalue weighted by atomic mass is 9.50. The number of phenols is 1. The van der Waals surface area contributed by atoms with Gasteiger partial charge in [-0.05, 0) is 46.9 Å². The quantitative estimate of drug-likeness (QED) is 0.330. The highest BCUT2D eigenvalue weighted by molar-refractivity contribution is 6.31. The average molecular weight is 522 g/mol. The Balaban J connectivity index is 1.62. The molecular weight excluding hydrogens is 496 g/mol. The van der Waals surface area contributed by atoms with Crippen LogP contribution < -0.4 is 5.73 Å². The molecule has 2 unspecified atom stereocenters. The summed E-state index contributed by atoms with van der Waals surface area (Å²) in [5.74, 6) is -13.3. The lowest BCUT2D eigenvalue weighted by molar-refractivity contribution is -0.428. The van der Waals surface area contributed by atoms with Crippen molar-refractivity contribution < 1.29 is 44.1 Å². The SMILES string of the molecule is C[C@H]1c2cc(-c3ccc([N+](C)=O)cc3)cc(O)c2C(=O)C2C(=O)[C@]3(O)C(=O)C(C(N)=O)C(=O)C[C@@H]3[C@@H](O)[C@@H]21. The summed E-state index contributed by atoms with van der Waals surface area (Å²) in [6.07, 6.45) is -2.28. The molecule has 0 aromatic heterocycles. The number of nitroso groups, excluding NO2 is 1. The third-order valence-corrected chi connectivity index (χ3v) is 8.36. The summed E-state index contributed by atoms with van der Waals surface area (Å²) in [5.41, 5.74) is 3.95. The Morgan fingerprint density at radius 1 is 1.05 bits per heavy atom. The van der Waals surface area contributed by atoms with Gasteiger partial charge < -0.3 is 21.1 Å². The second-order valence-electron chi connectivity index (χ2n) is 10.3. The van der Waals surface area contributed by atoms with E-state index < -0.39 is 82.5 Å². The first-order chi connectivity index (χ1) is 17.8. The minimum absolute atomic E-state index is 0.174. The standard InChI is InChI=1S/C27H24N2O9/c1-10-14-7-12(11-3-5-13(6-4-11)29(2)38)8-16(30)19(14)23(33)21-18(10)22(32)15-9-17(31)20(26(28)36)24(34)27(15,37)25(21)35/h3-8,10,15,18,20-22,32,37H,9H2,1-2H3,(H2-,28,30,33,36)/p+1/t10-,15+,18+,20?,21?,22+,27+/m0/s1. The Hall–Kier alpha value is -4.09. The highest BCUT2D eigenvalue weighted by Gasteiger charge is 2.69. The molecule has 0 saturated heterocycles. The third-order valence-electron chi connectivity index (χ3n) is 8.36. The summed E-state index contributed by atoms with van der Waals surface area (Å²) >= 11 is 0. The van der Waals surface area contributed by atoms with Crippen LogP contribution in [0.5, 0.6) is 5.75 Å². The number of phenolic OH excluding ortho intramolecular Hbond substituents is 1. The number of aliphatic hydroxyl groups excluding tert-OH is 1. The summed E-state index contributed by atoms with van der Waals surface area (Å²) in [6.45, 7) is 1.64. The molecule has 0 spiro atoms. The molecule has 11 heteroatoms. The number of fused-ring (bicyclic) bond motifs is 3. The highest BCUT2D eigenvalue weighted by atomic mass is 16.3. The number of ketones is 4. The van der Waals surface area contributed by atoms with E-state index >= 15 is 0 Å². The van der Waals surface area contributed by atoms with Crippen molar-refractivity contribution in [1.82, 2.24) is 0 Å². The monoisotopic (exact) mass is 521 g/mol. The van der Waals surface area contributed by atoms with Gasteiger partial charge in [0.05, 0.1) is 17.6 Å². The van der Waals surface area contributed by atoms with Crippen molar-refractivity contribution >= 4 is 34.7 Å². The molecule has 0 heterocycles. The third kappa shape index (κ3) is 3.31. The molecule has 2 saturated carbocycles. The number of aromatic hydroxyl groups is 1. The molecule has 2 aromatic rings. The first-order valence-corrected chi connectivity index (χ1v) is 12.0. The summed E-state index contributed by atoms with van der Waals surface area (Å²) in [4.78, 5) is 76.1. The normalized spacial score (nSPS) is 32.3. The minimum atomic E-state index is -2.95. The van der Waals surface area contributed by atoms with Crippen LogP contribution >= 0.6 is 0 Å². The summed E-state index contributed by atoms with van der Waals surface area (Å²) in [6, 6.07) is 9.47. The van der Waals surface area contributed by atoms with E-state index in [4.69, 9.17) is 5.73 Å². The predicted octanol–water partition coefficient (Wildman–Crippen LogP) is 0.566. The largest absolute Gasteiger partial charge is 0.507 e. The van der Waals surface area contributed by atoms with Gasteiger partial charge in [0, 0.05) is 40.1 Å². The van der Waals surface area contributed by atoms with Gasteiger partial charge in [0.25, 0.3) is 5.69 Å². The van der Waals surface area contributed by atoms with Crippen LogP contribution in [0.15, 0.2) is 36.4 Å². The van der Waals surface area contributed by atoms with Crippen molar-refractivity contribution in [3.8, 4) is 16.9 Å². The van der Waals surface area contributed by atoms with E-state index in [1.54, 1.807) is 37.3 Å². The van der Waals surface area contributed by atoms with E-state index in [1.165, 1.54) is 13.1 Å². The zero-order chi connectivity index (χ0) is 27.8. The fourth-order valence-corrected chi connectivity index (χ4v) is 6.42. The van der Waals surface area contributed by atoms with Crippen LogP contribution in [0.1, 0.15) is 35.2 Å². The van der Waals surface area contributed by atoms with Crippen molar-refractivity contribution in [2.45, 2.75) is 31.0 Å². The number of rotatable bonds is 3. The number of primary amides is 1. The first-order valence-electron chi connectivity index (χ1n) is 12.0. The molecule has 3 aliphatic carbocycles. The van der Waals surface area contributed by atoms with Gasteiger partial charge in [-0.3, -0.25) is 24.0 Å². The first kappa shape index (κ1) is 25.6. The number of hydrogen-bond acceptors (Lipinski definition) is 9. The smallest absolute Gasteiger partial charge is 0.255 e. The van der Waals surface area contributed by atoms with E-state index in [-0.39, 0.29) is 5.56 Å². The maximum absolute atomic E-state index is 13.6. The second-order valence-corrected chi connectivity index (χ2v) is 10.3. The van der Waals surface area contributed by atoms with Crippen molar-refractivity contribution in [1.29, 1.82) is 0 Å². The Bertz CT molecular complexity index is 1460. The molecule has 5 N–H and O–H groups in total. The predicted molar refractivity (Wildman–Crippen MR) is 129 cm³/mol. The Kier molecular flexibility index (Phi) is 5.69. The molecule has 38 heavy (non-hydrogen) atoms. The number of hydrogen-bond donors (Lipinski definition) is 4. The Morgan fingerprint density at radius 3 is 2.26 bits per heavy atom.